The van der Waals surface area contributed by atoms with Gasteiger partial charge in [0, 0.05) is 12.8 Å². The van der Waals surface area contributed by atoms with Crippen molar-refractivity contribution in [3.63, 3.8) is 0 Å². The van der Waals surface area contributed by atoms with Crippen molar-refractivity contribution in [1.82, 2.24) is 0 Å². The van der Waals surface area contributed by atoms with Crippen molar-refractivity contribution in [1.29, 1.82) is 0 Å². The second-order valence-corrected chi connectivity index (χ2v) is 3.37. The lowest BCUT2D eigenvalue weighted by molar-refractivity contribution is -0.149. The van der Waals surface area contributed by atoms with E-state index in [9.17, 15) is 9.18 Å². The molecular formula is C8H14FNO3. The van der Waals surface area contributed by atoms with E-state index in [0.29, 0.717) is 0 Å². The average Bonchev–Trinajstić information content (AvgIpc) is 2.28. The number of carbonyl (C=O) groups excluding carboxylic acids is 1. The summed E-state index contributed by atoms with van der Waals surface area (Å²) in [6.07, 6.45) is -2.79. The molecule has 3 N–H and O–H groups in total. The van der Waals surface area contributed by atoms with Gasteiger partial charge in [-0.3, -0.25) is 4.79 Å². The average molecular weight is 191 g/mol. The predicted octanol–water partition coefficient (Wildman–Crippen LogP) is -0.260. The van der Waals surface area contributed by atoms with Crippen LogP contribution in [-0.2, 0) is 9.53 Å². The van der Waals surface area contributed by atoms with E-state index in [1.165, 1.54) is 0 Å². The van der Waals surface area contributed by atoms with E-state index in [1.54, 1.807) is 6.92 Å². The number of aliphatic hydroxyl groups is 1. The SMILES string of the molecule is CCOC(=O)[C@@]1(N)C[C@H](O)[C@@H](F)C1. The van der Waals surface area contributed by atoms with Crippen molar-refractivity contribution in [2.75, 3.05) is 6.61 Å². The zero-order valence-electron chi connectivity index (χ0n) is 7.50. The van der Waals surface area contributed by atoms with Crippen molar-refractivity contribution in [3.05, 3.63) is 0 Å². The molecule has 1 fully saturated rings. The Balaban J connectivity index is 2.63. The Kier molecular flexibility index (Phi) is 2.87. The largest absolute Gasteiger partial charge is 0.465 e. The number of ether oxygens (including phenoxy) is 1. The van der Waals surface area contributed by atoms with Gasteiger partial charge in [-0.25, -0.2) is 4.39 Å². The van der Waals surface area contributed by atoms with Crippen LogP contribution in [0.5, 0.6) is 0 Å². The fourth-order valence-corrected chi connectivity index (χ4v) is 1.51. The predicted molar refractivity (Wildman–Crippen MR) is 43.7 cm³/mol. The van der Waals surface area contributed by atoms with Gasteiger partial charge in [-0.1, -0.05) is 0 Å². The van der Waals surface area contributed by atoms with Crippen LogP contribution in [0, 0.1) is 0 Å². The molecule has 76 valence electrons. The van der Waals surface area contributed by atoms with Gasteiger partial charge < -0.3 is 15.6 Å². The fourth-order valence-electron chi connectivity index (χ4n) is 1.51. The molecule has 0 bridgehead atoms. The maximum atomic E-state index is 12.9. The second kappa shape index (κ2) is 3.59. The van der Waals surface area contributed by atoms with Gasteiger partial charge in [0.2, 0.25) is 0 Å². The lowest BCUT2D eigenvalue weighted by atomic mass is 9.99. The molecule has 0 heterocycles. The van der Waals surface area contributed by atoms with E-state index in [4.69, 9.17) is 10.8 Å². The molecule has 1 saturated carbocycles. The molecule has 0 amide bonds. The second-order valence-electron chi connectivity index (χ2n) is 3.37. The topological polar surface area (TPSA) is 72.5 Å². The molecule has 1 aliphatic carbocycles. The van der Waals surface area contributed by atoms with Crippen LogP contribution in [-0.4, -0.2) is 35.5 Å². The van der Waals surface area contributed by atoms with E-state index in [0.717, 1.165) is 0 Å². The number of alkyl halides is 1. The smallest absolute Gasteiger partial charge is 0.326 e. The summed E-state index contributed by atoms with van der Waals surface area (Å²) in [5.41, 5.74) is 4.26. The third-order valence-electron chi connectivity index (χ3n) is 2.23. The molecule has 0 aromatic heterocycles. The highest BCUT2D eigenvalue weighted by atomic mass is 19.1. The Hall–Kier alpha value is -0.680. The Bertz CT molecular complexity index is 200. The molecule has 0 saturated heterocycles. The zero-order chi connectivity index (χ0) is 10.1. The van der Waals surface area contributed by atoms with Crippen molar-refractivity contribution >= 4 is 5.97 Å². The normalized spacial score (nSPS) is 39.1. The van der Waals surface area contributed by atoms with Crippen molar-refractivity contribution < 1.29 is 19.0 Å². The number of hydrogen-bond donors (Lipinski definition) is 2. The minimum absolute atomic E-state index is 0.0625. The summed E-state index contributed by atoms with van der Waals surface area (Å²) in [4.78, 5) is 11.2. The molecule has 0 spiro atoms. The minimum atomic E-state index is -1.42. The number of halogens is 1. The van der Waals surface area contributed by atoms with Crippen LogP contribution in [0.2, 0.25) is 0 Å². The third kappa shape index (κ3) is 1.97. The van der Waals surface area contributed by atoms with Gasteiger partial charge in [0.25, 0.3) is 0 Å². The van der Waals surface area contributed by atoms with Crippen LogP contribution in [0.1, 0.15) is 19.8 Å². The van der Waals surface area contributed by atoms with Gasteiger partial charge in [-0.05, 0) is 6.92 Å². The minimum Gasteiger partial charge on any atom is -0.465 e. The van der Waals surface area contributed by atoms with Gasteiger partial charge in [-0.2, -0.15) is 0 Å². The van der Waals surface area contributed by atoms with Crippen molar-refractivity contribution in [3.8, 4) is 0 Å². The number of esters is 1. The molecule has 1 rings (SSSR count). The molecule has 0 aliphatic heterocycles. The maximum absolute atomic E-state index is 12.9. The standard InChI is InChI=1S/C8H14FNO3/c1-2-13-7(12)8(10)3-5(9)6(11)4-8/h5-6,11H,2-4,10H2,1H3/t5-,6-,8-/m0/s1. The number of nitrogens with two attached hydrogens (primary N) is 1. The van der Waals surface area contributed by atoms with Gasteiger partial charge >= 0.3 is 5.97 Å². The number of carbonyl (C=O) groups is 1. The number of aliphatic hydroxyl groups excluding tert-OH is 1. The Morgan fingerprint density at radius 2 is 2.38 bits per heavy atom. The van der Waals surface area contributed by atoms with Crippen LogP contribution in [0.3, 0.4) is 0 Å². The van der Waals surface area contributed by atoms with E-state index in [1.807, 2.05) is 0 Å². The van der Waals surface area contributed by atoms with Gasteiger partial charge in [-0.15, -0.1) is 0 Å². The molecule has 5 heteroatoms. The molecule has 4 nitrogen and oxygen atoms in total. The molecule has 13 heavy (non-hydrogen) atoms. The van der Waals surface area contributed by atoms with Crippen molar-refractivity contribution in [2.45, 2.75) is 37.6 Å². The summed E-state index contributed by atoms with van der Waals surface area (Å²) in [5, 5.41) is 9.09. The quantitative estimate of drug-likeness (QED) is 0.590. The third-order valence-corrected chi connectivity index (χ3v) is 2.23. The van der Waals surface area contributed by atoms with Gasteiger partial charge in [0.15, 0.2) is 0 Å². The van der Waals surface area contributed by atoms with Crippen LogP contribution in [0.4, 0.5) is 4.39 Å². The van der Waals surface area contributed by atoms with E-state index < -0.39 is 23.8 Å². The first-order valence-electron chi connectivity index (χ1n) is 4.28. The summed E-state index contributed by atoms with van der Waals surface area (Å²) in [6, 6.07) is 0. The Labute approximate surface area is 75.9 Å². The van der Waals surface area contributed by atoms with Crippen molar-refractivity contribution in [2.24, 2.45) is 5.73 Å². The summed E-state index contributed by atoms with van der Waals surface area (Å²) < 4.78 is 17.6. The number of hydrogen-bond acceptors (Lipinski definition) is 4. The Morgan fingerprint density at radius 3 is 2.77 bits per heavy atom. The van der Waals surface area contributed by atoms with Crippen LogP contribution < -0.4 is 5.73 Å². The summed E-state index contributed by atoms with van der Waals surface area (Å²) in [7, 11) is 0. The Morgan fingerprint density at radius 1 is 1.77 bits per heavy atom. The lowest BCUT2D eigenvalue weighted by Gasteiger charge is -2.20. The fraction of sp³-hybridized carbons (Fsp3) is 0.875. The molecular weight excluding hydrogens is 177 g/mol. The summed E-state index contributed by atoms with van der Waals surface area (Å²) in [5.74, 6) is -0.630. The van der Waals surface area contributed by atoms with E-state index in [2.05, 4.69) is 4.74 Å². The summed E-state index contributed by atoms with van der Waals surface area (Å²) >= 11 is 0. The first-order chi connectivity index (χ1) is 5.99. The van der Waals surface area contributed by atoms with Crippen LogP contribution in [0.15, 0.2) is 0 Å². The molecule has 0 aromatic rings. The summed E-state index contributed by atoms with van der Waals surface area (Å²) in [6.45, 7) is 1.87. The molecule has 0 unspecified atom stereocenters. The highest BCUT2D eigenvalue weighted by Gasteiger charge is 2.48. The molecule has 0 aromatic carbocycles. The maximum Gasteiger partial charge on any atom is 0.326 e. The lowest BCUT2D eigenvalue weighted by Crippen LogP contribution is -2.47. The first kappa shape index (κ1) is 10.4. The molecule has 0 radical (unpaired) electrons. The van der Waals surface area contributed by atoms with Crippen LogP contribution >= 0.6 is 0 Å². The monoisotopic (exact) mass is 191 g/mol. The first-order valence-corrected chi connectivity index (χ1v) is 4.28. The molecule has 1 aliphatic rings. The zero-order valence-corrected chi connectivity index (χ0v) is 7.50. The van der Waals surface area contributed by atoms with E-state index in [-0.39, 0.29) is 19.4 Å². The van der Waals surface area contributed by atoms with E-state index >= 15 is 0 Å². The van der Waals surface area contributed by atoms with Gasteiger partial charge in [0.05, 0.1) is 12.7 Å². The number of rotatable bonds is 2. The van der Waals surface area contributed by atoms with Gasteiger partial charge in [0.1, 0.15) is 11.7 Å². The highest BCUT2D eigenvalue weighted by molar-refractivity contribution is 5.81. The highest BCUT2D eigenvalue weighted by Crippen LogP contribution is 2.31. The van der Waals surface area contributed by atoms with Crippen LogP contribution in [0.25, 0.3) is 0 Å². The molecule has 3 atom stereocenters.